The number of benzene rings is 2. The number of rotatable bonds is 15. The third kappa shape index (κ3) is 8.95. The van der Waals surface area contributed by atoms with Crippen molar-refractivity contribution in [3.8, 4) is 23.0 Å². The van der Waals surface area contributed by atoms with Crippen molar-refractivity contribution in [3.05, 3.63) is 72.3 Å². The van der Waals surface area contributed by atoms with Crippen LogP contribution in [-0.2, 0) is 29.1 Å². The number of carbonyl (C=O) groups excluding carboxylic acids is 4. The lowest BCUT2D eigenvalue weighted by Crippen LogP contribution is -2.58. The van der Waals surface area contributed by atoms with Gasteiger partial charge in [-0.3, -0.25) is 19.1 Å². The number of anilines is 1. The summed E-state index contributed by atoms with van der Waals surface area (Å²) in [7, 11) is -2.68. The molecule has 63 heavy (non-hydrogen) atoms. The number of sulfonamides is 1. The molecular weight excluding hydrogens is 867 g/mol. The molecule has 0 radical (unpaired) electrons. The predicted molar refractivity (Wildman–Crippen MR) is 240 cm³/mol. The fraction of sp³-hybridized carbons (Fsp3) is 0.432. The predicted octanol–water partition coefficient (Wildman–Crippen LogP) is 6.09. The Bertz CT molecular complexity index is 2730. The average Bonchev–Trinajstić information content (AvgIpc) is 4.07. The Hall–Kier alpha value is -5.66. The van der Waals surface area contributed by atoms with Crippen molar-refractivity contribution in [2.24, 2.45) is 11.3 Å². The molecule has 3 aromatic heterocycles. The number of fused-ring (bicyclic) bond motifs is 3. The molecule has 1 aliphatic heterocycles. The number of ether oxygens (including phenoxy) is 3. The third-order valence-electron chi connectivity index (χ3n) is 11.3. The van der Waals surface area contributed by atoms with Crippen molar-refractivity contribution >= 4 is 81.8 Å². The lowest BCUT2D eigenvalue weighted by molar-refractivity contribution is -0.141. The van der Waals surface area contributed by atoms with Crippen molar-refractivity contribution < 1.29 is 41.8 Å². The maximum absolute atomic E-state index is 15.0. The van der Waals surface area contributed by atoms with Gasteiger partial charge in [0.1, 0.15) is 34.2 Å². The van der Waals surface area contributed by atoms with Crippen molar-refractivity contribution in [2.45, 2.75) is 95.4 Å². The molecule has 0 unspecified atom stereocenters. The van der Waals surface area contributed by atoms with Crippen LogP contribution in [0.4, 0.5) is 5.13 Å². The van der Waals surface area contributed by atoms with Crippen LogP contribution in [0.15, 0.2) is 66.6 Å². The number of thiazole rings is 1. The monoisotopic (exact) mass is 915 g/mol. The maximum Gasteiger partial charge on any atom is 0.357 e. The van der Waals surface area contributed by atoms with Crippen LogP contribution in [0.3, 0.4) is 0 Å². The highest BCUT2D eigenvalue weighted by atomic mass is 32.2. The SMILES string of the molecule is C=C[C@@H]1C[C@]1(NC(=O)[C@@H]1C[C@@H](Oc2nc(-c3ccc(OC(C)C)cc3)nc3c2sc2ccccc23)CN1C(=O)[C@@H](Nc1nc(C(=O)OC)cs1)C(C)(C)C)C(=O)NS(=O)(=O)C1CC1. The topological polar surface area (TPSA) is 208 Å². The van der Waals surface area contributed by atoms with Crippen LogP contribution in [0.1, 0.15) is 70.8 Å². The fourth-order valence-electron chi connectivity index (χ4n) is 7.76. The fourth-order valence-corrected chi connectivity index (χ4v) is 10.9. The standard InChI is InChI=1S/C44H49N7O9S3/c1-8-25-20-44(25,41(55)50-63(56,57)28-17-18-28)49-37(52)31-19-27(21-51(31)39(53)35(43(4,5)6)47-42-45-30(22-61-42)40(54)58-7)60-38-34-33(29-11-9-10-12-32(29)62-34)46-36(48-38)24-13-15-26(16-14-24)59-23(2)3/h8-16,22-23,25,27-28,31,35H,1,17-21H2,2-7H3,(H,45,47)(H,49,52)(H,50,55)/t25-,27-,31+,35-,44-/m1/s1. The molecule has 1 saturated heterocycles. The molecule has 2 saturated carbocycles. The molecule has 3 N–H and O–H groups in total. The van der Waals surface area contributed by atoms with E-state index in [0.717, 1.165) is 27.0 Å². The summed E-state index contributed by atoms with van der Waals surface area (Å²) in [5.41, 5.74) is -0.858. The second-order valence-electron chi connectivity index (χ2n) is 17.5. The van der Waals surface area contributed by atoms with Gasteiger partial charge < -0.3 is 29.7 Å². The molecule has 2 aliphatic carbocycles. The van der Waals surface area contributed by atoms with Gasteiger partial charge >= 0.3 is 5.97 Å². The zero-order valence-electron chi connectivity index (χ0n) is 35.7. The summed E-state index contributed by atoms with van der Waals surface area (Å²) < 4.78 is 47.1. The van der Waals surface area contributed by atoms with Gasteiger partial charge in [0, 0.05) is 33.4 Å². The average molecular weight is 916 g/mol. The first kappa shape index (κ1) is 44.0. The highest BCUT2D eigenvalue weighted by molar-refractivity contribution is 7.91. The smallest absolute Gasteiger partial charge is 0.357 e. The summed E-state index contributed by atoms with van der Waals surface area (Å²) in [5.74, 6) is -1.77. The zero-order chi connectivity index (χ0) is 45.0. The van der Waals surface area contributed by atoms with E-state index in [4.69, 9.17) is 24.2 Å². The van der Waals surface area contributed by atoms with Gasteiger partial charge in [-0.15, -0.1) is 29.3 Å². The molecule has 5 atom stereocenters. The largest absolute Gasteiger partial charge is 0.491 e. The third-order valence-corrected chi connectivity index (χ3v) is 15.1. The Morgan fingerprint density at radius 2 is 1.76 bits per heavy atom. The summed E-state index contributed by atoms with van der Waals surface area (Å²) in [6, 6.07) is 13.2. The molecule has 8 rings (SSSR count). The minimum Gasteiger partial charge on any atom is -0.491 e. The number of methoxy groups -OCH3 is 1. The minimum atomic E-state index is -3.93. The number of carbonyl (C=O) groups is 4. The van der Waals surface area contributed by atoms with Crippen LogP contribution in [0.2, 0.25) is 0 Å². The molecular formula is C44H49N7O9S3. The van der Waals surface area contributed by atoms with Crippen LogP contribution >= 0.6 is 22.7 Å². The normalized spacial score (nSPS) is 21.5. The highest BCUT2D eigenvalue weighted by Crippen LogP contribution is 2.46. The molecule has 5 aromatic rings. The van der Waals surface area contributed by atoms with Crippen LogP contribution in [-0.4, -0.2) is 101 Å². The number of esters is 1. The zero-order valence-corrected chi connectivity index (χ0v) is 38.1. The molecule has 16 nitrogen and oxygen atoms in total. The molecule has 3 amide bonds. The van der Waals surface area contributed by atoms with E-state index >= 15 is 0 Å². The number of nitrogens with one attached hydrogen (secondary N) is 3. The molecule has 4 heterocycles. The summed E-state index contributed by atoms with van der Waals surface area (Å²) >= 11 is 2.59. The number of amides is 3. The van der Waals surface area contributed by atoms with Gasteiger partial charge in [-0.05, 0) is 68.9 Å². The van der Waals surface area contributed by atoms with E-state index in [-0.39, 0.29) is 37.1 Å². The number of thiophene rings is 1. The second kappa shape index (κ2) is 16.8. The summed E-state index contributed by atoms with van der Waals surface area (Å²) in [6.45, 7) is 13.2. The Morgan fingerprint density at radius 3 is 2.41 bits per heavy atom. The van der Waals surface area contributed by atoms with E-state index in [2.05, 4.69) is 26.9 Å². The minimum absolute atomic E-state index is 0.00195. The number of hydrogen-bond donors (Lipinski definition) is 3. The van der Waals surface area contributed by atoms with Gasteiger partial charge in [-0.2, -0.15) is 4.98 Å². The molecule has 19 heteroatoms. The Morgan fingerprint density at radius 1 is 1.03 bits per heavy atom. The Labute approximate surface area is 372 Å². The van der Waals surface area contributed by atoms with E-state index in [0.29, 0.717) is 39.8 Å². The van der Waals surface area contributed by atoms with Gasteiger partial charge in [0.2, 0.25) is 27.7 Å². The van der Waals surface area contributed by atoms with Crippen LogP contribution < -0.4 is 24.8 Å². The number of likely N-dealkylation sites (tertiary alicyclic amines) is 1. The van der Waals surface area contributed by atoms with E-state index in [1.165, 1.54) is 34.8 Å². The summed E-state index contributed by atoms with van der Waals surface area (Å²) in [5, 5.41) is 8.12. The number of aromatic nitrogens is 3. The maximum atomic E-state index is 15.0. The van der Waals surface area contributed by atoms with E-state index < -0.39 is 74.0 Å². The number of hydrogen-bond acceptors (Lipinski definition) is 15. The van der Waals surface area contributed by atoms with Gasteiger partial charge in [0.25, 0.3) is 5.91 Å². The van der Waals surface area contributed by atoms with Crippen molar-refractivity contribution in [1.82, 2.24) is 29.9 Å². The Kier molecular flexibility index (Phi) is 11.7. The van der Waals surface area contributed by atoms with Crippen LogP contribution in [0.5, 0.6) is 11.6 Å². The second-order valence-corrected chi connectivity index (χ2v) is 21.3. The lowest BCUT2D eigenvalue weighted by atomic mass is 9.85. The van der Waals surface area contributed by atoms with Gasteiger partial charge in [-0.25, -0.2) is 23.2 Å². The van der Waals surface area contributed by atoms with Crippen molar-refractivity contribution in [2.75, 3.05) is 19.0 Å². The van der Waals surface area contributed by atoms with Crippen LogP contribution in [0.25, 0.3) is 31.7 Å². The highest BCUT2D eigenvalue weighted by Gasteiger charge is 2.62. The van der Waals surface area contributed by atoms with Crippen LogP contribution in [0, 0.1) is 11.3 Å². The first-order valence-electron chi connectivity index (χ1n) is 20.6. The van der Waals surface area contributed by atoms with E-state index in [1.54, 1.807) is 0 Å². The molecule has 3 fully saturated rings. The first-order chi connectivity index (χ1) is 29.9. The lowest BCUT2D eigenvalue weighted by Gasteiger charge is -2.35. The van der Waals surface area contributed by atoms with Gasteiger partial charge in [0.05, 0.1) is 30.5 Å². The first-order valence-corrected chi connectivity index (χ1v) is 23.9. The number of nitrogens with zero attached hydrogens (tertiary/aromatic N) is 4. The molecule has 0 bridgehead atoms. The van der Waals surface area contributed by atoms with Crippen molar-refractivity contribution in [1.29, 1.82) is 0 Å². The van der Waals surface area contributed by atoms with Gasteiger partial charge in [-0.1, -0.05) is 45.0 Å². The van der Waals surface area contributed by atoms with E-state index in [9.17, 15) is 27.6 Å². The van der Waals surface area contributed by atoms with Gasteiger partial charge in [0.15, 0.2) is 16.6 Å². The molecule has 3 aliphatic rings. The molecule has 332 valence electrons. The Balaban J connectivity index is 1.14. The molecule has 0 spiro atoms. The summed E-state index contributed by atoms with van der Waals surface area (Å²) in [6.07, 6.45) is 1.75. The quantitative estimate of drug-likeness (QED) is 0.0804. The summed E-state index contributed by atoms with van der Waals surface area (Å²) in [4.78, 5) is 71.3. The molecule has 2 aromatic carbocycles. The van der Waals surface area contributed by atoms with Crippen molar-refractivity contribution in [3.63, 3.8) is 0 Å². The van der Waals surface area contributed by atoms with E-state index in [1.807, 2.05) is 83.1 Å².